The van der Waals surface area contributed by atoms with Gasteiger partial charge in [-0.25, -0.2) is 4.79 Å². The quantitative estimate of drug-likeness (QED) is 0.221. The van der Waals surface area contributed by atoms with E-state index in [-0.39, 0.29) is 17.2 Å². The SMILES string of the molecule is COC(=O)[C@H]1O[C@@H](Oc2ccc(CO[Si](C)(C)C(C)(C)C)c(O)c2)C[C@@H](OC(C)=O)C1I. The number of benzene rings is 1. The Morgan fingerprint density at radius 3 is 2.47 bits per heavy atom. The molecule has 1 unspecified atom stereocenters. The van der Waals surface area contributed by atoms with Crippen LogP contribution in [0.15, 0.2) is 18.2 Å². The van der Waals surface area contributed by atoms with Crippen LogP contribution in [0.25, 0.3) is 0 Å². The topological polar surface area (TPSA) is 101 Å². The van der Waals surface area contributed by atoms with Gasteiger partial charge in [0, 0.05) is 25.0 Å². The average Bonchev–Trinajstić information content (AvgIpc) is 2.67. The Hall–Kier alpha value is -1.37. The smallest absolute Gasteiger partial charge is 0.336 e. The molecule has 0 bridgehead atoms. The van der Waals surface area contributed by atoms with Crippen LogP contribution in [0.4, 0.5) is 0 Å². The first-order valence-electron chi connectivity index (χ1n) is 10.4. The number of rotatable bonds is 7. The predicted molar refractivity (Wildman–Crippen MR) is 129 cm³/mol. The fraction of sp³-hybridized carbons (Fsp3) is 0.636. The van der Waals surface area contributed by atoms with Gasteiger partial charge in [0.1, 0.15) is 17.6 Å². The Morgan fingerprint density at radius 2 is 1.94 bits per heavy atom. The van der Waals surface area contributed by atoms with E-state index in [1.165, 1.54) is 20.1 Å². The first-order chi connectivity index (χ1) is 14.7. The number of ether oxygens (including phenoxy) is 4. The third-order valence-corrected chi connectivity index (χ3v) is 11.8. The molecule has 0 amide bonds. The minimum Gasteiger partial charge on any atom is -0.507 e. The van der Waals surface area contributed by atoms with Crippen molar-refractivity contribution in [1.82, 2.24) is 0 Å². The number of halogens is 1. The van der Waals surface area contributed by atoms with E-state index < -0.39 is 42.7 Å². The van der Waals surface area contributed by atoms with E-state index >= 15 is 0 Å². The third kappa shape index (κ3) is 6.81. The molecule has 1 aromatic carbocycles. The highest BCUT2D eigenvalue weighted by atomic mass is 127. The number of carbonyl (C=O) groups excluding carboxylic acids is 2. The van der Waals surface area contributed by atoms with Crippen LogP contribution in [-0.4, -0.2) is 54.9 Å². The molecule has 1 aliphatic heterocycles. The van der Waals surface area contributed by atoms with Crippen LogP contribution in [0.5, 0.6) is 11.5 Å². The molecule has 1 heterocycles. The summed E-state index contributed by atoms with van der Waals surface area (Å²) in [6.45, 7) is 12.4. The number of hydrogen-bond donors (Lipinski definition) is 1. The Balaban J connectivity index is 2.11. The highest BCUT2D eigenvalue weighted by Crippen LogP contribution is 2.38. The summed E-state index contributed by atoms with van der Waals surface area (Å²) in [5.41, 5.74) is 0.657. The van der Waals surface area contributed by atoms with Gasteiger partial charge < -0.3 is 28.5 Å². The van der Waals surface area contributed by atoms with Crippen LogP contribution in [0, 0.1) is 0 Å². The van der Waals surface area contributed by atoms with Crippen LogP contribution >= 0.6 is 22.6 Å². The maximum atomic E-state index is 12.1. The number of hydrogen-bond acceptors (Lipinski definition) is 8. The summed E-state index contributed by atoms with van der Waals surface area (Å²) in [7, 11) is -0.691. The Bertz CT molecular complexity index is 823. The Kier molecular flexibility index (Phi) is 8.99. The third-order valence-electron chi connectivity index (χ3n) is 5.84. The number of alkyl halides is 1. The molecule has 1 saturated heterocycles. The number of aromatic hydroxyl groups is 1. The molecular weight excluding hydrogens is 547 g/mol. The number of phenolic OH excluding ortho intramolecular Hbond substituents is 1. The first-order valence-corrected chi connectivity index (χ1v) is 14.6. The molecule has 8 nitrogen and oxygen atoms in total. The molecule has 1 aromatic rings. The molecule has 1 fully saturated rings. The van der Waals surface area contributed by atoms with Gasteiger partial charge >= 0.3 is 11.9 Å². The summed E-state index contributed by atoms with van der Waals surface area (Å²) in [4.78, 5) is 23.6. The van der Waals surface area contributed by atoms with Gasteiger partial charge in [0.25, 0.3) is 0 Å². The van der Waals surface area contributed by atoms with Gasteiger partial charge in [-0.1, -0.05) is 43.4 Å². The van der Waals surface area contributed by atoms with Crippen molar-refractivity contribution in [3.63, 3.8) is 0 Å². The number of carbonyl (C=O) groups is 2. The summed E-state index contributed by atoms with van der Waals surface area (Å²) in [5.74, 6) is -0.619. The molecule has 0 saturated carbocycles. The fourth-order valence-corrected chi connectivity index (χ4v) is 4.73. The molecule has 32 heavy (non-hydrogen) atoms. The zero-order valence-corrected chi connectivity index (χ0v) is 22.8. The van der Waals surface area contributed by atoms with Crippen molar-refractivity contribution in [3.8, 4) is 11.5 Å². The van der Waals surface area contributed by atoms with Crippen LogP contribution in [0.1, 0.15) is 39.7 Å². The van der Waals surface area contributed by atoms with Crippen LogP contribution in [0.2, 0.25) is 18.1 Å². The molecule has 0 aliphatic carbocycles. The Labute approximate surface area is 204 Å². The fourth-order valence-electron chi connectivity index (χ4n) is 2.88. The largest absolute Gasteiger partial charge is 0.507 e. The molecule has 0 radical (unpaired) electrons. The molecule has 1 N–H and O–H groups in total. The van der Waals surface area contributed by atoms with E-state index in [4.69, 9.17) is 23.4 Å². The van der Waals surface area contributed by atoms with Crippen LogP contribution in [-0.2, 0) is 34.8 Å². The summed E-state index contributed by atoms with van der Waals surface area (Å²) in [5, 5.41) is 10.5. The summed E-state index contributed by atoms with van der Waals surface area (Å²) < 4.78 is 27.5. The van der Waals surface area contributed by atoms with Gasteiger partial charge in [-0.15, -0.1) is 0 Å². The van der Waals surface area contributed by atoms with Crippen molar-refractivity contribution >= 4 is 42.8 Å². The van der Waals surface area contributed by atoms with E-state index in [1.54, 1.807) is 12.1 Å². The number of esters is 2. The van der Waals surface area contributed by atoms with Crippen molar-refractivity contribution in [2.24, 2.45) is 0 Å². The highest BCUT2D eigenvalue weighted by Gasteiger charge is 2.44. The summed E-state index contributed by atoms with van der Waals surface area (Å²) in [6, 6.07) is 4.93. The molecule has 1 aliphatic rings. The molecule has 10 heteroatoms. The standard InChI is InChI=1S/C22H33IO8Si/c1-13(24)29-17-11-18(31-20(19(17)23)21(26)27-5)30-15-9-8-14(16(25)10-15)12-28-32(6,7)22(2,3)4/h8-10,17-20,25H,11-12H2,1-7H3/t17-,18-,19?,20+/m1/s1. The zero-order valence-electron chi connectivity index (χ0n) is 19.6. The maximum absolute atomic E-state index is 12.1. The van der Waals surface area contributed by atoms with E-state index in [0.29, 0.717) is 17.9 Å². The second kappa shape index (κ2) is 10.7. The maximum Gasteiger partial charge on any atom is 0.336 e. The van der Waals surface area contributed by atoms with Crippen molar-refractivity contribution in [2.75, 3.05) is 7.11 Å². The van der Waals surface area contributed by atoms with Crippen molar-refractivity contribution < 1.29 is 38.1 Å². The van der Waals surface area contributed by atoms with Gasteiger partial charge in [-0.2, -0.15) is 0 Å². The minimum absolute atomic E-state index is 0.0461. The lowest BCUT2D eigenvalue weighted by Gasteiger charge is -2.37. The lowest BCUT2D eigenvalue weighted by molar-refractivity contribution is -0.200. The van der Waals surface area contributed by atoms with Crippen LogP contribution < -0.4 is 4.74 Å². The van der Waals surface area contributed by atoms with Crippen molar-refractivity contribution in [3.05, 3.63) is 23.8 Å². The lowest BCUT2D eigenvalue weighted by atomic mass is 10.0. The Morgan fingerprint density at radius 1 is 1.28 bits per heavy atom. The van der Waals surface area contributed by atoms with Gasteiger partial charge in [0.15, 0.2) is 14.4 Å². The predicted octanol–water partition coefficient (Wildman–Crippen LogP) is 4.32. The van der Waals surface area contributed by atoms with Gasteiger partial charge in [-0.3, -0.25) is 4.79 Å². The van der Waals surface area contributed by atoms with E-state index in [9.17, 15) is 14.7 Å². The molecular formula is C22H33IO8Si. The monoisotopic (exact) mass is 580 g/mol. The van der Waals surface area contributed by atoms with E-state index in [1.807, 2.05) is 22.6 Å². The average molecular weight is 580 g/mol. The molecule has 0 aromatic heterocycles. The normalized spacial score (nSPS) is 24.0. The molecule has 4 atom stereocenters. The number of methoxy groups -OCH3 is 1. The van der Waals surface area contributed by atoms with Crippen LogP contribution in [0.3, 0.4) is 0 Å². The second-order valence-corrected chi connectivity index (χ2v) is 15.5. The molecule has 180 valence electrons. The summed E-state index contributed by atoms with van der Waals surface area (Å²) in [6.07, 6.45) is -2.16. The van der Waals surface area contributed by atoms with E-state index in [0.717, 1.165) is 0 Å². The van der Waals surface area contributed by atoms with Crippen molar-refractivity contribution in [1.29, 1.82) is 0 Å². The molecule has 2 rings (SSSR count). The van der Waals surface area contributed by atoms with Gasteiger partial charge in [-0.05, 0) is 30.3 Å². The lowest BCUT2D eigenvalue weighted by Crippen LogP contribution is -2.52. The summed E-state index contributed by atoms with van der Waals surface area (Å²) >= 11 is 2.02. The first kappa shape index (κ1) is 26.9. The zero-order chi connectivity index (χ0) is 24.3. The number of phenols is 1. The van der Waals surface area contributed by atoms with E-state index in [2.05, 4.69) is 33.9 Å². The molecule has 0 spiro atoms. The van der Waals surface area contributed by atoms with Gasteiger partial charge in [0.05, 0.1) is 17.6 Å². The second-order valence-electron chi connectivity index (χ2n) is 9.29. The van der Waals surface area contributed by atoms with Crippen molar-refractivity contribution in [2.45, 2.75) is 81.3 Å². The van der Waals surface area contributed by atoms with Gasteiger partial charge in [0.2, 0.25) is 6.29 Å². The highest BCUT2D eigenvalue weighted by molar-refractivity contribution is 14.1. The minimum atomic E-state index is -1.96.